The van der Waals surface area contributed by atoms with Crippen LogP contribution in [0.2, 0.25) is 0 Å². The zero-order valence-electron chi connectivity index (χ0n) is 10.5. The first kappa shape index (κ1) is 14.6. The fraction of sp³-hybridized carbons (Fsp3) is 0.462. The zero-order valence-corrected chi connectivity index (χ0v) is 10.5. The van der Waals surface area contributed by atoms with E-state index in [0.29, 0.717) is 13.0 Å². The van der Waals surface area contributed by atoms with Gasteiger partial charge in [0.1, 0.15) is 0 Å². The van der Waals surface area contributed by atoms with Gasteiger partial charge in [-0.1, -0.05) is 13.8 Å². The zero-order chi connectivity index (χ0) is 13.8. The molecule has 0 aliphatic heterocycles. The fourth-order valence-corrected chi connectivity index (χ4v) is 1.45. The number of benzene rings is 1. The van der Waals surface area contributed by atoms with Crippen LogP contribution in [0.1, 0.15) is 30.6 Å². The van der Waals surface area contributed by atoms with Crippen molar-refractivity contribution in [2.45, 2.75) is 20.3 Å². The number of hydrogen-bond donors (Lipinski definition) is 2. The van der Waals surface area contributed by atoms with E-state index in [1.54, 1.807) is 0 Å². The molecule has 0 radical (unpaired) electrons. The average Bonchev–Trinajstić information content (AvgIpc) is 2.30. The highest BCUT2D eigenvalue weighted by molar-refractivity contribution is 5.94. The van der Waals surface area contributed by atoms with Crippen molar-refractivity contribution in [1.82, 2.24) is 5.32 Å². The normalized spacial score (nSPS) is 11.4. The van der Waals surface area contributed by atoms with Gasteiger partial charge in [-0.2, -0.15) is 0 Å². The van der Waals surface area contributed by atoms with E-state index in [2.05, 4.69) is 5.32 Å². The Balaban J connectivity index is 2.63. The van der Waals surface area contributed by atoms with E-state index in [1.807, 2.05) is 13.8 Å². The molecule has 0 aliphatic rings. The summed E-state index contributed by atoms with van der Waals surface area (Å²) < 4.78 is 25.6. The second-order valence-electron chi connectivity index (χ2n) is 4.95. The molecule has 0 unspecified atom stereocenters. The molecule has 100 valence electrons. The maximum Gasteiger partial charge on any atom is 0.251 e. The molecule has 0 fully saturated rings. The van der Waals surface area contributed by atoms with E-state index < -0.39 is 17.5 Å². The van der Waals surface area contributed by atoms with Gasteiger partial charge in [-0.3, -0.25) is 4.79 Å². The Morgan fingerprint density at radius 2 is 2.00 bits per heavy atom. The van der Waals surface area contributed by atoms with Crippen LogP contribution in [0.25, 0.3) is 0 Å². The van der Waals surface area contributed by atoms with Gasteiger partial charge < -0.3 is 10.4 Å². The number of hydrogen-bond acceptors (Lipinski definition) is 2. The van der Waals surface area contributed by atoms with Crippen LogP contribution in [0, 0.1) is 17.0 Å². The summed E-state index contributed by atoms with van der Waals surface area (Å²) in [6.45, 7) is 4.18. The maximum absolute atomic E-state index is 12.9. The molecular formula is C13H17F2NO2. The van der Waals surface area contributed by atoms with Crippen molar-refractivity contribution in [3.05, 3.63) is 35.4 Å². The summed E-state index contributed by atoms with van der Waals surface area (Å²) in [5.41, 5.74) is -0.170. The fourth-order valence-electron chi connectivity index (χ4n) is 1.45. The molecule has 0 spiro atoms. The molecule has 1 amide bonds. The third-order valence-corrected chi connectivity index (χ3v) is 2.70. The lowest BCUT2D eigenvalue weighted by Gasteiger charge is -2.23. The number of halogens is 2. The molecule has 0 saturated carbocycles. The molecule has 0 heterocycles. The summed E-state index contributed by atoms with van der Waals surface area (Å²) >= 11 is 0. The average molecular weight is 257 g/mol. The van der Waals surface area contributed by atoms with Gasteiger partial charge in [0.05, 0.1) is 0 Å². The minimum Gasteiger partial charge on any atom is -0.396 e. The highest BCUT2D eigenvalue weighted by Gasteiger charge is 2.19. The lowest BCUT2D eigenvalue weighted by molar-refractivity contribution is 0.0927. The Morgan fingerprint density at radius 3 is 2.56 bits per heavy atom. The molecule has 1 aromatic carbocycles. The molecule has 3 nitrogen and oxygen atoms in total. The van der Waals surface area contributed by atoms with Gasteiger partial charge in [0.25, 0.3) is 5.91 Å². The predicted molar refractivity (Wildman–Crippen MR) is 64.2 cm³/mol. The first-order valence-electron chi connectivity index (χ1n) is 5.70. The van der Waals surface area contributed by atoms with Crippen molar-refractivity contribution in [3.8, 4) is 0 Å². The maximum atomic E-state index is 12.9. The van der Waals surface area contributed by atoms with Crippen LogP contribution in [0.15, 0.2) is 18.2 Å². The van der Waals surface area contributed by atoms with E-state index in [4.69, 9.17) is 5.11 Å². The Bertz CT molecular complexity index is 433. The topological polar surface area (TPSA) is 49.3 Å². The minimum absolute atomic E-state index is 0.0358. The Labute approximate surface area is 105 Å². The van der Waals surface area contributed by atoms with Crippen LogP contribution in [0.5, 0.6) is 0 Å². The smallest absolute Gasteiger partial charge is 0.251 e. The number of nitrogens with one attached hydrogen (secondary N) is 1. The van der Waals surface area contributed by atoms with Crippen molar-refractivity contribution in [2.75, 3.05) is 13.2 Å². The second kappa shape index (κ2) is 5.91. The van der Waals surface area contributed by atoms with E-state index >= 15 is 0 Å². The van der Waals surface area contributed by atoms with Gasteiger partial charge in [-0.25, -0.2) is 8.78 Å². The second-order valence-corrected chi connectivity index (χ2v) is 4.95. The first-order valence-corrected chi connectivity index (χ1v) is 5.70. The van der Waals surface area contributed by atoms with E-state index in [-0.39, 0.29) is 17.6 Å². The van der Waals surface area contributed by atoms with Gasteiger partial charge in [-0.05, 0) is 30.0 Å². The molecule has 0 bridgehead atoms. The largest absolute Gasteiger partial charge is 0.396 e. The number of amides is 1. The predicted octanol–water partition coefficient (Wildman–Crippen LogP) is 2.10. The van der Waals surface area contributed by atoms with Gasteiger partial charge in [0.15, 0.2) is 11.6 Å². The molecule has 0 aromatic heterocycles. The Hall–Kier alpha value is -1.49. The summed E-state index contributed by atoms with van der Waals surface area (Å²) in [7, 11) is 0. The van der Waals surface area contributed by atoms with E-state index in [9.17, 15) is 13.6 Å². The van der Waals surface area contributed by atoms with Crippen molar-refractivity contribution in [1.29, 1.82) is 0 Å². The van der Waals surface area contributed by atoms with Crippen molar-refractivity contribution < 1.29 is 18.7 Å². The molecule has 0 aliphatic carbocycles. The van der Waals surface area contributed by atoms with Crippen molar-refractivity contribution >= 4 is 5.91 Å². The van der Waals surface area contributed by atoms with Crippen molar-refractivity contribution in [3.63, 3.8) is 0 Å². The van der Waals surface area contributed by atoms with Crippen LogP contribution in [-0.4, -0.2) is 24.2 Å². The van der Waals surface area contributed by atoms with Crippen LogP contribution in [0.4, 0.5) is 8.78 Å². The molecule has 0 saturated heterocycles. The number of carbonyl (C=O) groups is 1. The summed E-state index contributed by atoms with van der Waals surface area (Å²) in [6, 6.07) is 3.01. The SMILES string of the molecule is CC(C)(CCO)CNC(=O)c1ccc(F)c(F)c1. The van der Waals surface area contributed by atoms with Gasteiger partial charge in [0, 0.05) is 18.7 Å². The molecule has 2 N–H and O–H groups in total. The molecular weight excluding hydrogens is 240 g/mol. The van der Waals surface area contributed by atoms with E-state index in [0.717, 1.165) is 12.1 Å². The molecule has 18 heavy (non-hydrogen) atoms. The molecule has 1 aromatic rings. The van der Waals surface area contributed by atoms with Crippen molar-refractivity contribution in [2.24, 2.45) is 5.41 Å². The number of carbonyl (C=O) groups excluding carboxylic acids is 1. The molecule has 0 atom stereocenters. The lowest BCUT2D eigenvalue weighted by Crippen LogP contribution is -2.34. The highest BCUT2D eigenvalue weighted by Crippen LogP contribution is 2.18. The van der Waals surface area contributed by atoms with Crippen LogP contribution < -0.4 is 5.32 Å². The number of aliphatic hydroxyl groups is 1. The van der Waals surface area contributed by atoms with Crippen LogP contribution in [0.3, 0.4) is 0 Å². The van der Waals surface area contributed by atoms with Gasteiger partial charge in [0.2, 0.25) is 0 Å². The summed E-state index contributed by atoms with van der Waals surface area (Å²) in [4.78, 5) is 11.7. The Kier molecular flexibility index (Phi) is 4.78. The first-order chi connectivity index (χ1) is 8.35. The van der Waals surface area contributed by atoms with Crippen LogP contribution in [-0.2, 0) is 0 Å². The minimum atomic E-state index is -1.04. The lowest BCUT2D eigenvalue weighted by atomic mass is 9.89. The van der Waals surface area contributed by atoms with Crippen LogP contribution >= 0.6 is 0 Å². The number of rotatable bonds is 5. The monoisotopic (exact) mass is 257 g/mol. The van der Waals surface area contributed by atoms with Gasteiger partial charge in [-0.15, -0.1) is 0 Å². The standard InChI is InChI=1S/C13H17F2NO2/c1-13(2,5-6-17)8-16-12(18)9-3-4-10(14)11(15)7-9/h3-4,7,17H,5-6,8H2,1-2H3,(H,16,18). The third-order valence-electron chi connectivity index (χ3n) is 2.70. The summed E-state index contributed by atoms with van der Waals surface area (Å²) in [5.74, 6) is -2.48. The highest BCUT2D eigenvalue weighted by atomic mass is 19.2. The molecule has 5 heteroatoms. The van der Waals surface area contributed by atoms with E-state index in [1.165, 1.54) is 6.07 Å². The summed E-state index contributed by atoms with van der Waals surface area (Å²) in [6.07, 6.45) is 0.547. The summed E-state index contributed by atoms with van der Waals surface area (Å²) in [5, 5.41) is 11.5. The quantitative estimate of drug-likeness (QED) is 0.848. The third kappa shape index (κ3) is 4.07. The van der Waals surface area contributed by atoms with Gasteiger partial charge >= 0.3 is 0 Å². The Morgan fingerprint density at radius 1 is 1.33 bits per heavy atom. The molecule has 1 rings (SSSR count). The number of aliphatic hydroxyl groups excluding tert-OH is 1.